The highest BCUT2D eigenvalue weighted by Crippen LogP contribution is 2.42. The van der Waals surface area contributed by atoms with Gasteiger partial charge in [-0.3, -0.25) is 0 Å². The molecule has 0 aliphatic heterocycles. The third-order valence-corrected chi connectivity index (χ3v) is 10.5. The molecule has 0 fully saturated rings. The number of hydrogen-bond acceptors (Lipinski definition) is 4. The Hall–Kier alpha value is -6.17. The van der Waals surface area contributed by atoms with Crippen molar-refractivity contribution in [2.75, 3.05) is 0 Å². The van der Waals surface area contributed by atoms with Gasteiger partial charge < -0.3 is 4.57 Å². The lowest BCUT2D eigenvalue weighted by atomic mass is 10.0. The molecule has 0 spiro atoms. The number of fused-ring (bicyclic) bond motifs is 8. The first-order valence-electron chi connectivity index (χ1n) is 16.0. The summed E-state index contributed by atoms with van der Waals surface area (Å²) in [6, 6.07) is 55.5. The second-order valence-electron chi connectivity index (χ2n) is 12.1. The Bertz CT molecular complexity index is 2760. The first kappa shape index (κ1) is 27.0. The molecule has 0 aliphatic carbocycles. The van der Waals surface area contributed by atoms with Crippen molar-refractivity contribution >= 4 is 64.1 Å². The van der Waals surface area contributed by atoms with E-state index in [0.29, 0.717) is 17.5 Å². The molecule has 48 heavy (non-hydrogen) atoms. The van der Waals surface area contributed by atoms with Gasteiger partial charge in [-0.1, -0.05) is 109 Å². The van der Waals surface area contributed by atoms with Crippen LogP contribution < -0.4 is 0 Å². The van der Waals surface area contributed by atoms with E-state index < -0.39 is 0 Å². The second-order valence-corrected chi connectivity index (χ2v) is 13.1. The Morgan fingerprint density at radius 2 is 0.979 bits per heavy atom. The molecule has 0 atom stereocenters. The minimum absolute atomic E-state index is 0.648. The zero-order valence-corrected chi connectivity index (χ0v) is 26.5. The molecule has 4 nitrogen and oxygen atoms in total. The molecule has 0 N–H and O–H groups in total. The molecule has 0 unspecified atom stereocenters. The van der Waals surface area contributed by atoms with E-state index in [2.05, 4.69) is 102 Å². The summed E-state index contributed by atoms with van der Waals surface area (Å²) in [7, 11) is 0. The van der Waals surface area contributed by atoms with E-state index >= 15 is 0 Å². The van der Waals surface area contributed by atoms with Gasteiger partial charge in [-0.25, -0.2) is 15.0 Å². The highest BCUT2D eigenvalue weighted by Gasteiger charge is 2.17. The molecule has 0 aliphatic rings. The van der Waals surface area contributed by atoms with Crippen LogP contribution in [-0.2, 0) is 0 Å². The second kappa shape index (κ2) is 10.7. The molecule has 0 bridgehead atoms. The zero-order chi connectivity index (χ0) is 31.6. The summed E-state index contributed by atoms with van der Waals surface area (Å²) in [6.07, 6.45) is 0. The van der Waals surface area contributed by atoms with E-state index in [0.717, 1.165) is 22.4 Å². The first-order chi connectivity index (χ1) is 23.8. The molecular weight excluding hydrogens is 605 g/mol. The van der Waals surface area contributed by atoms with Gasteiger partial charge in [0.1, 0.15) is 0 Å². The van der Waals surface area contributed by atoms with Crippen LogP contribution in [0.15, 0.2) is 158 Å². The predicted octanol–water partition coefficient (Wildman–Crippen LogP) is 11.5. The third-order valence-electron chi connectivity index (χ3n) is 9.24. The summed E-state index contributed by atoms with van der Waals surface area (Å²) < 4.78 is 5.04. The van der Waals surface area contributed by atoms with Crippen molar-refractivity contribution in [1.29, 1.82) is 0 Å². The van der Waals surface area contributed by atoms with Gasteiger partial charge in [0.25, 0.3) is 0 Å². The number of nitrogens with zero attached hydrogens (tertiary/aromatic N) is 4. The summed E-state index contributed by atoms with van der Waals surface area (Å²) in [6.45, 7) is 0. The molecule has 10 rings (SSSR count). The van der Waals surface area contributed by atoms with Gasteiger partial charge in [-0.05, 0) is 53.9 Å². The van der Waals surface area contributed by atoms with E-state index in [1.807, 2.05) is 72.0 Å². The fourth-order valence-electron chi connectivity index (χ4n) is 6.95. The first-order valence-corrected chi connectivity index (χ1v) is 16.9. The topological polar surface area (TPSA) is 43.6 Å². The van der Waals surface area contributed by atoms with E-state index in [4.69, 9.17) is 15.0 Å². The maximum Gasteiger partial charge on any atom is 0.164 e. The summed E-state index contributed by atoms with van der Waals surface area (Å²) in [5.41, 5.74) is 6.32. The van der Waals surface area contributed by atoms with Crippen LogP contribution in [0.5, 0.6) is 0 Å². The van der Waals surface area contributed by atoms with Crippen molar-refractivity contribution in [2.45, 2.75) is 0 Å². The molecule has 224 valence electrons. The van der Waals surface area contributed by atoms with Gasteiger partial charge in [0, 0.05) is 58.7 Å². The van der Waals surface area contributed by atoms with Crippen LogP contribution in [-0.4, -0.2) is 19.5 Å². The van der Waals surface area contributed by atoms with E-state index in [1.165, 1.54) is 52.8 Å². The number of aromatic nitrogens is 4. The van der Waals surface area contributed by atoms with Gasteiger partial charge in [-0.15, -0.1) is 11.3 Å². The normalized spacial score (nSPS) is 11.8. The molecule has 3 aromatic heterocycles. The third kappa shape index (κ3) is 4.25. The molecule has 0 radical (unpaired) electrons. The lowest BCUT2D eigenvalue weighted by Gasteiger charge is -2.11. The van der Waals surface area contributed by atoms with Crippen molar-refractivity contribution in [3.8, 4) is 39.9 Å². The van der Waals surface area contributed by atoms with Crippen molar-refractivity contribution < 1.29 is 0 Å². The van der Waals surface area contributed by atoms with Crippen LogP contribution in [0.2, 0.25) is 0 Å². The summed E-state index contributed by atoms with van der Waals surface area (Å²) in [4.78, 5) is 14.8. The molecule has 7 aromatic carbocycles. The van der Waals surface area contributed by atoms with E-state index in [9.17, 15) is 0 Å². The Kier molecular flexibility index (Phi) is 6.01. The zero-order valence-electron chi connectivity index (χ0n) is 25.7. The average molecular weight is 631 g/mol. The smallest absolute Gasteiger partial charge is 0.164 e. The van der Waals surface area contributed by atoms with Crippen LogP contribution in [0, 0.1) is 0 Å². The van der Waals surface area contributed by atoms with Crippen molar-refractivity contribution in [1.82, 2.24) is 19.5 Å². The number of benzene rings is 7. The maximum atomic E-state index is 4.94. The highest BCUT2D eigenvalue weighted by atomic mass is 32.1. The minimum Gasteiger partial charge on any atom is -0.309 e. The van der Waals surface area contributed by atoms with Crippen molar-refractivity contribution in [2.24, 2.45) is 0 Å². The van der Waals surface area contributed by atoms with Gasteiger partial charge in [0.2, 0.25) is 0 Å². The fraction of sp³-hybridized carbons (Fsp3) is 0. The van der Waals surface area contributed by atoms with Gasteiger partial charge in [0.15, 0.2) is 17.5 Å². The Morgan fingerprint density at radius 1 is 0.396 bits per heavy atom. The molecular formula is C43H26N4S. The lowest BCUT2D eigenvalue weighted by Crippen LogP contribution is -2.00. The molecule has 10 aromatic rings. The Balaban J connectivity index is 1.15. The molecule has 0 saturated heterocycles. The van der Waals surface area contributed by atoms with E-state index in [1.54, 1.807) is 0 Å². The largest absolute Gasteiger partial charge is 0.309 e. The van der Waals surface area contributed by atoms with Gasteiger partial charge in [-0.2, -0.15) is 0 Å². The summed E-state index contributed by atoms with van der Waals surface area (Å²) in [5.74, 6) is 1.96. The molecule has 0 saturated carbocycles. The van der Waals surface area contributed by atoms with E-state index in [-0.39, 0.29) is 0 Å². The van der Waals surface area contributed by atoms with Crippen LogP contribution in [0.25, 0.3) is 92.6 Å². The Labute approximate surface area is 280 Å². The predicted molar refractivity (Wildman–Crippen MR) is 201 cm³/mol. The standard InChI is InChI=1S/C43H26N4S/c1-3-11-27(12-4-1)41-44-42(28-13-5-2-6-14-28)46-43(45-41)29-19-22-31(23-20-29)47-37-17-9-7-15-32(37)36-25-30-21-24-34-33-16-8-10-18-39(33)48-40(34)35(30)26-38(36)47/h1-26H. The quantitative estimate of drug-likeness (QED) is 0.194. The van der Waals surface area contributed by atoms with Crippen molar-refractivity contribution in [3.63, 3.8) is 0 Å². The van der Waals surface area contributed by atoms with Crippen LogP contribution in [0.4, 0.5) is 0 Å². The maximum absolute atomic E-state index is 4.94. The highest BCUT2D eigenvalue weighted by molar-refractivity contribution is 7.26. The number of hydrogen-bond donors (Lipinski definition) is 0. The number of para-hydroxylation sites is 1. The SMILES string of the molecule is c1ccc(-c2nc(-c3ccccc3)nc(-c3ccc(-n4c5ccccc5c5cc6ccc7c8ccccc8sc7c6cc54)cc3)n2)cc1. The lowest BCUT2D eigenvalue weighted by molar-refractivity contribution is 1.07. The number of rotatable bonds is 4. The van der Waals surface area contributed by atoms with Gasteiger partial charge in [0.05, 0.1) is 11.0 Å². The monoisotopic (exact) mass is 630 g/mol. The summed E-state index contributed by atoms with van der Waals surface area (Å²) in [5, 5.41) is 7.68. The minimum atomic E-state index is 0.648. The molecule has 0 amide bonds. The van der Waals surface area contributed by atoms with Crippen LogP contribution >= 0.6 is 11.3 Å². The van der Waals surface area contributed by atoms with Crippen LogP contribution in [0.3, 0.4) is 0 Å². The fourth-order valence-corrected chi connectivity index (χ4v) is 8.18. The number of thiophene rings is 1. The van der Waals surface area contributed by atoms with Gasteiger partial charge >= 0.3 is 0 Å². The van der Waals surface area contributed by atoms with Crippen LogP contribution in [0.1, 0.15) is 0 Å². The van der Waals surface area contributed by atoms with Crippen molar-refractivity contribution in [3.05, 3.63) is 158 Å². The average Bonchev–Trinajstić information content (AvgIpc) is 3.70. The molecule has 5 heteroatoms. The molecule has 3 heterocycles. The summed E-state index contributed by atoms with van der Waals surface area (Å²) >= 11 is 1.88. The Morgan fingerprint density at radius 3 is 1.67 bits per heavy atom.